The Bertz CT molecular complexity index is 837. The Kier molecular flexibility index (Phi) is 6.23. The fourth-order valence-electron chi connectivity index (χ4n) is 2.73. The van der Waals surface area contributed by atoms with Crippen molar-refractivity contribution in [1.82, 2.24) is 5.32 Å². The van der Waals surface area contributed by atoms with Gasteiger partial charge in [0.2, 0.25) is 0 Å². The number of alkyl carbamates (subject to hydrolysis) is 1. The van der Waals surface area contributed by atoms with Crippen molar-refractivity contribution in [2.75, 3.05) is 13.2 Å². The van der Waals surface area contributed by atoms with E-state index in [1.807, 2.05) is 75.4 Å². The summed E-state index contributed by atoms with van der Waals surface area (Å²) in [4.78, 5) is 12.4. The van der Waals surface area contributed by atoms with Crippen LogP contribution in [0.4, 0.5) is 4.79 Å². The van der Waals surface area contributed by atoms with E-state index < -0.39 is 19.5 Å². The number of carbonyl (C=O) groups excluding carboxylic acids is 1. The Balaban J connectivity index is 1.75. The summed E-state index contributed by atoms with van der Waals surface area (Å²) in [5.74, 6) is -0.938. The van der Waals surface area contributed by atoms with Crippen molar-refractivity contribution in [3.63, 3.8) is 0 Å². The molecule has 1 saturated heterocycles. The van der Waals surface area contributed by atoms with Gasteiger partial charge < -0.3 is 19.1 Å². The minimum Gasteiger partial charge on any atom is -0.445 e. The summed E-state index contributed by atoms with van der Waals surface area (Å²) in [5, 5.41) is 2.69. The van der Waals surface area contributed by atoms with Gasteiger partial charge in [0, 0.05) is 5.41 Å². The van der Waals surface area contributed by atoms with Crippen molar-refractivity contribution in [2.45, 2.75) is 33.2 Å². The van der Waals surface area contributed by atoms with Gasteiger partial charge in [0.25, 0.3) is 0 Å². The van der Waals surface area contributed by atoms with Gasteiger partial charge in [-0.1, -0.05) is 74.0 Å². The van der Waals surface area contributed by atoms with Crippen LogP contribution in [-0.4, -0.2) is 19.3 Å². The molecule has 1 unspecified atom stereocenters. The van der Waals surface area contributed by atoms with Crippen LogP contribution in [-0.2, 0) is 25.0 Å². The normalized spacial score (nSPS) is 18.8. The number of rotatable bonds is 5. The zero-order valence-electron chi connectivity index (χ0n) is 16.4. The van der Waals surface area contributed by atoms with E-state index in [2.05, 4.69) is 5.32 Å². The van der Waals surface area contributed by atoms with E-state index in [1.165, 1.54) is 0 Å². The van der Waals surface area contributed by atoms with Crippen molar-refractivity contribution < 1.29 is 23.1 Å². The number of ether oxygens (including phenoxy) is 1. The van der Waals surface area contributed by atoms with Gasteiger partial charge in [-0.05, 0) is 18.1 Å². The minimum atomic E-state index is -3.60. The maximum Gasteiger partial charge on any atom is 0.408 e. The Morgan fingerprint density at radius 1 is 1.11 bits per heavy atom. The van der Waals surface area contributed by atoms with Crippen LogP contribution in [0.15, 0.2) is 54.6 Å². The number of hydrogen-bond donors (Lipinski definition) is 1. The van der Waals surface area contributed by atoms with E-state index in [0.717, 1.165) is 11.1 Å². The van der Waals surface area contributed by atoms with Crippen LogP contribution in [0.2, 0.25) is 0 Å². The number of benzene rings is 2. The molecule has 150 valence electrons. The van der Waals surface area contributed by atoms with Gasteiger partial charge in [0.15, 0.2) is 5.78 Å². The van der Waals surface area contributed by atoms with E-state index in [0.29, 0.717) is 5.56 Å². The van der Waals surface area contributed by atoms with Crippen molar-refractivity contribution in [1.29, 1.82) is 0 Å². The molecule has 6 nitrogen and oxygen atoms in total. The van der Waals surface area contributed by atoms with Gasteiger partial charge in [0.05, 0.1) is 13.2 Å². The second kappa shape index (κ2) is 8.48. The minimum absolute atomic E-state index is 0.117. The summed E-state index contributed by atoms with van der Waals surface area (Å²) in [7, 11) is -3.60. The molecular weight excluding hydrogens is 377 g/mol. The fourth-order valence-corrected chi connectivity index (χ4v) is 4.96. The first-order valence-corrected chi connectivity index (χ1v) is 10.8. The predicted molar refractivity (Wildman–Crippen MR) is 107 cm³/mol. The second-order valence-corrected chi connectivity index (χ2v) is 9.88. The molecule has 0 aliphatic carbocycles. The van der Waals surface area contributed by atoms with E-state index in [-0.39, 0.29) is 25.2 Å². The van der Waals surface area contributed by atoms with Gasteiger partial charge in [-0.15, -0.1) is 0 Å². The monoisotopic (exact) mass is 403 g/mol. The van der Waals surface area contributed by atoms with E-state index in [9.17, 15) is 9.36 Å². The second-order valence-electron chi connectivity index (χ2n) is 7.77. The molecule has 0 bridgehead atoms. The molecule has 0 radical (unpaired) electrons. The Morgan fingerprint density at radius 2 is 1.71 bits per heavy atom. The van der Waals surface area contributed by atoms with Crippen molar-refractivity contribution >= 4 is 13.7 Å². The third kappa shape index (κ3) is 5.22. The topological polar surface area (TPSA) is 73.9 Å². The molecule has 2 aromatic carbocycles. The van der Waals surface area contributed by atoms with Gasteiger partial charge in [-0.2, -0.15) is 0 Å². The van der Waals surface area contributed by atoms with Crippen LogP contribution in [0.3, 0.4) is 0 Å². The summed E-state index contributed by atoms with van der Waals surface area (Å²) < 4.78 is 30.0. The zero-order chi connectivity index (χ0) is 20.2. The fraction of sp³-hybridized carbons (Fsp3) is 0.381. The first-order chi connectivity index (χ1) is 13.3. The summed E-state index contributed by atoms with van der Waals surface area (Å²) in [6, 6.07) is 16.8. The van der Waals surface area contributed by atoms with E-state index in [1.54, 1.807) is 0 Å². The highest BCUT2D eigenvalue weighted by molar-refractivity contribution is 7.54. The van der Waals surface area contributed by atoms with Crippen LogP contribution in [0.25, 0.3) is 0 Å². The first kappa shape index (κ1) is 20.6. The van der Waals surface area contributed by atoms with E-state index >= 15 is 0 Å². The van der Waals surface area contributed by atoms with Gasteiger partial charge >= 0.3 is 13.7 Å². The molecule has 0 aromatic heterocycles. The molecular formula is C21H26NO5P. The third-order valence-electron chi connectivity index (χ3n) is 4.45. The van der Waals surface area contributed by atoms with Gasteiger partial charge in [-0.25, -0.2) is 4.79 Å². The number of aryl methyl sites for hydroxylation is 1. The maximum atomic E-state index is 13.4. The number of carbonyl (C=O) groups is 1. The first-order valence-electron chi connectivity index (χ1n) is 9.20. The number of hydrogen-bond acceptors (Lipinski definition) is 5. The summed E-state index contributed by atoms with van der Waals surface area (Å²) in [6.45, 7) is 6.59. The van der Waals surface area contributed by atoms with Gasteiger partial charge in [-0.3, -0.25) is 4.57 Å². The van der Waals surface area contributed by atoms with Gasteiger partial charge in [0.1, 0.15) is 6.61 Å². The molecule has 28 heavy (non-hydrogen) atoms. The lowest BCUT2D eigenvalue weighted by atomic mass is 9.97. The quantitative estimate of drug-likeness (QED) is 0.696. The SMILES string of the molecule is Cc1ccc(C(NC(=O)OCc2ccccc2)P2(=O)OCC(C)(C)CO2)cc1. The molecule has 1 amide bonds. The van der Waals surface area contributed by atoms with Crippen LogP contribution >= 0.6 is 7.60 Å². The standard InChI is InChI=1S/C21H26NO5P/c1-16-9-11-18(12-10-16)19(28(24)26-14-21(2,3)15-27-28)22-20(23)25-13-17-7-5-4-6-8-17/h4-12,19H,13-15H2,1-3H3,(H,22,23). The molecule has 1 heterocycles. The number of nitrogens with one attached hydrogen (secondary N) is 1. The molecule has 1 atom stereocenters. The average molecular weight is 403 g/mol. The lowest BCUT2D eigenvalue weighted by Crippen LogP contribution is -2.35. The van der Waals surface area contributed by atoms with Crippen LogP contribution in [0.1, 0.15) is 36.3 Å². The highest BCUT2D eigenvalue weighted by Gasteiger charge is 2.44. The third-order valence-corrected chi connectivity index (χ3v) is 6.48. The molecule has 2 aromatic rings. The van der Waals surface area contributed by atoms with Crippen LogP contribution in [0, 0.1) is 12.3 Å². The largest absolute Gasteiger partial charge is 0.445 e. The predicted octanol–water partition coefficient (Wildman–Crippen LogP) is 5.19. The molecule has 0 spiro atoms. The zero-order valence-corrected chi connectivity index (χ0v) is 17.3. The summed E-state index contributed by atoms with van der Waals surface area (Å²) in [6.07, 6.45) is -0.679. The maximum absolute atomic E-state index is 13.4. The summed E-state index contributed by atoms with van der Waals surface area (Å²) >= 11 is 0. The van der Waals surface area contributed by atoms with Crippen LogP contribution in [0.5, 0.6) is 0 Å². The smallest absolute Gasteiger partial charge is 0.408 e. The molecule has 1 aliphatic rings. The average Bonchev–Trinajstić information content (AvgIpc) is 2.69. The lowest BCUT2D eigenvalue weighted by molar-refractivity contribution is 0.0360. The van der Waals surface area contributed by atoms with E-state index in [4.69, 9.17) is 13.8 Å². The molecule has 3 rings (SSSR count). The molecule has 1 fully saturated rings. The Hall–Kier alpha value is -2.14. The van der Waals surface area contributed by atoms with Crippen LogP contribution < -0.4 is 5.32 Å². The molecule has 0 saturated carbocycles. The lowest BCUT2D eigenvalue weighted by Gasteiger charge is -2.37. The van der Waals surface area contributed by atoms with Crippen molar-refractivity contribution in [2.24, 2.45) is 5.41 Å². The Morgan fingerprint density at radius 3 is 2.32 bits per heavy atom. The van der Waals surface area contributed by atoms with Crippen molar-refractivity contribution in [3.8, 4) is 0 Å². The highest BCUT2D eigenvalue weighted by atomic mass is 31.2. The summed E-state index contributed by atoms with van der Waals surface area (Å²) in [5.41, 5.74) is 2.33. The Labute approximate surface area is 165 Å². The highest BCUT2D eigenvalue weighted by Crippen LogP contribution is 2.63. The number of amides is 1. The molecule has 1 aliphatic heterocycles. The molecule has 7 heteroatoms. The molecule has 1 N–H and O–H groups in total. The van der Waals surface area contributed by atoms with Crippen molar-refractivity contribution in [3.05, 3.63) is 71.3 Å².